The number of nitrogens with one attached hydrogen (secondary N) is 2. The molecular weight excluding hydrogens is 265 g/mol. The highest BCUT2D eigenvalue weighted by Gasteiger charge is 2.33. The van der Waals surface area contributed by atoms with Crippen molar-refractivity contribution in [3.8, 4) is 0 Å². The van der Waals surface area contributed by atoms with E-state index in [0.717, 1.165) is 23.3 Å². The summed E-state index contributed by atoms with van der Waals surface area (Å²) in [6.07, 6.45) is -3.92. The number of hydrogen-bond acceptors (Lipinski definition) is 3. The summed E-state index contributed by atoms with van der Waals surface area (Å²) in [6, 6.07) is 0. The van der Waals surface area contributed by atoms with Gasteiger partial charge < -0.3 is 10.6 Å². The lowest BCUT2D eigenvalue weighted by atomic mass is 10.4. The topological polar surface area (TPSA) is 49.3 Å². The number of aromatic nitrogens is 1. The Bertz CT molecular complexity index is 400. The Hall–Kier alpha value is -1.31. The average molecular weight is 280 g/mol. The molecule has 8 heteroatoms. The molecule has 0 aliphatic heterocycles. The van der Waals surface area contributed by atoms with E-state index in [9.17, 15) is 13.2 Å². The Kier molecular flexibility index (Phi) is 5.39. The lowest BCUT2D eigenvalue weighted by molar-refractivity contribution is -0.140. The van der Waals surface area contributed by atoms with Crippen molar-refractivity contribution in [2.45, 2.75) is 19.5 Å². The summed E-state index contributed by atoms with van der Waals surface area (Å²) >= 11 is 1.02. The number of rotatable bonds is 4. The molecule has 2 N–H and O–H groups in total. The molecule has 102 valence electrons. The summed E-state index contributed by atoms with van der Waals surface area (Å²) < 4.78 is 36.9. The fourth-order valence-corrected chi connectivity index (χ4v) is 2.04. The maximum atomic E-state index is 12.3. The van der Waals surface area contributed by atoms with E-state index in [2.05, 4.69) is 20.6 Å². The molecule has 0 bridgehead atoms. The van der Waals surface area contributed by atoms with Crippen molar-refractivity contribution in [2.24, 2.45) is 4.99 Å². The average Bonchev–Trinajstić information content (AvgIpc) is 2.76. The first-order chi connectivity index (χ1) is 8.47. The van der Waals surface area contributed by atoms with E-state index in [4.69, 9.17) is 0 Å². The smallest absolute Gasteiger partial charge is 0.357 e. The molecule has 0 unspecified atom stereocenters. The standard InChI is InChI=1S/C10H15F3N4S/c1-3-15-9(14-2)16-5-4-8-17-7(6-18-8)10(11,12)13/h6H,3-5H2,1-2H3,(H2,14,15,16). The van der Waals surface area contributed by atoms with E-state index < -0.39 is 11.9 Å². The van der Waals surface area contributed by atoms with Crippen LogP contribution in [0.5, 0.6) is 0 Å². The minimum absolute atomic E-state index is 0.436. The number of thiazole rings is 1. The third kappa shape index (κ3) is 4.52. The molecule has 0 spiro atoms. The molecule has 0 aromatic carbocycles. The van der Waals surface area contributed by atoms with Gasteiger partial charge in [-0.2, -0.15) is 13.2 Å². The quantitative estimate of drug-likeness (QED) is 0.654. The number of nitrogens with zero attached hydrogens (tertiary/aromatic N) is 2. The first-order valence-electron chi connectivity index (χ1n) is 5.43. The molecule has 18 heavy (non-hydrogen) atoms. The van der Waals surface area contributed by atoms with Gasteiger partial charge in [0.1, 0.15) is 0 Å². The number of alkyl halides is 3. The minimum Gasteiger partial charge on any atom is -0.357 e. The molecular formula is C10H15F3N4S. The largest absolute Gasteiger partial charge is 0.434 e. The minimum atomic E-state index is -4.36. The van der Waals surface area contributed by atoms with E-state index in [1.165, 1.54) is 0 Å². The molecule has 0 amide bonds. The van der Waals surface area contributed by atoms with E-state index in [-0.39, 0.29) is 0 Å². The maximum absolute atomic E-state index is 12.3. The van der Waals surface area contributed by atoms with Crippen molar-refractivity contribution in [1.82, 2.24) is 15.6 Å². The van der Waals surface area contributed by atoms with Crippen molar-refractivity contribution in [1.29, 1.82) is 0 Å². The molecule has 1 heterocycles. The number of aliphatic imine (C=N–C) groups is 1. The van der Waals surface area contributed by atoms with Crippen LogP contribution in [0.4, 0.5) is 13.2 Å². The van der Waals surface area contributed by atoms with Crippen molar-refractivity contribution in [3.05, 3.63) is 16.1 Å². The highest BCUT2D eigenvalue weighted by molar-refractivity contribution is 7.09. The number of hydrogen-bond donors (Lipinski definition) is 2. The molecule has 0 aliphatic rings. The molecule has 0 fully saturated rings. The monoisotopic (exact) mass is 280 g/mol. The fraction of sp³-hybridized carbons (Fsp3) is 0.600. The van der Waals surface area contributed by atoms with Crippen LogP contribution in [0.3, 0.4) is 0 Å². The second-order valence-electron chi connectivity index (χ2n) is 3.40. The Morgan fingerprint density at radius 2 is 2.17 bits per heavy atom. The third-order valence-electron chi connectivity index (χ3n) is 2.04. The summed E-state index contributed by atoms with van der Waals surface area (Å²) in [5.41, 5.74) is -0.821. The van der Waals surface area contributed by atoms with Gasteiger partial charge in [0.2, 0.25) is 0 Å². The van der Waals surface area contributed by atoms with Gasteiger partial charge in [-0.25, -0.2) is 4.98 Å². The second-order valence-corrected chi connectivity index (χ2v) is 4.35. The van der Waals surface area contributed by atoms with E-state index in [0.29, 0.717) is 23.9 Å². The summed E-state index contributed by atoms with van der Waals surface area (Å²) in [4.78, 5) is 7.49. The zero-order valence-electron chi connectivity index (χ0n) is 10.1. The molecule has 1 rings (SSSR count). The molecule has 0 saturated heterocycles. The molecule has 0 saturated carbocycles. The van der Waals surface area contributed by atoms with Crippen LogP contribution in [0, 0.1) is 0 Å². The lowest BCUT2D eigenvalue weighted by Gasteiger charge is -2.08. The van der Waals surface area contributed by atoms with Crippen LogP contribution in [0.25, 0.3) is 0 Å². The van der Waals surface area contributed by atoms with Crippen LogP contribution in [0.2, 0.25) is 0 Å². The van der Waals surface area contributed by atoms with Gasteiger partial charge in [0, 0.05) is 31.9 Å². The van der Waals surface area contributed by atoms with Crippen molar-refractivity contribution >= 4 is 17.3 Å². The van der Waals surface area contributed by atoms with Crippen molar-refractivity contribution in [2.75, 3.05) is 20.1 Å². The predicted octanol–water partition coefficient (Wildman–Crippen LogP) is 1.89. The van der Waals surface area contributed by atoms with Crippen LogP contribution in [0.15, 0.2) is 10.4 Å². The Morgan fingerprint density at radius 1 is 1.44 bits per heavy atom. The van der Waals surface area contributed by atoms with Gasteiger partial charge in [-0.15, -0.1) is 11.3 Å². The zero-order valence-corrected chi connectivity index (χ0v) is 11.0. The number of halogens is 3. The van der Waals surface area contributed by atoms with E-state index >= 15 is 0 Å². The van der Waals surface area contributed by atoms with Crippen LogP contribution >= 0.6 is 11.3 Å². The van der Waals surface area contributed by atoms with Crippen LogP contribution in [-0.4, -0.2) is 31.1 Å². The van der Waals surface area contributed by atoms with Gasteiger partial charge >= 0.3 is 6.18 Å². The van der Waals surface area contributed by atoms with Gasteiger partial charge in [0.25, 0.3) is 0 Å². The first-order valence-corrected chi connectivity index (χ1v) is 6.31. The Morgan fingerprint density at radius 3 is 2.67 bits per heavy atom. The van der Waals surface area contributed by atoms with Crippen molar-refractivity contribution < 1.29 is 13.2 Å². The molecule has 0 aliphatic carbocycles. The van der Waals surface area contributed by atoms with E-state index in [1.54, 1.807) is 7.05 Å². The third-order valence-corrected chi connectivity index (χ3v) is 2.95. The summed E-state index contributed by atoms with van der Waals surface area (Å²) in [6.45, 7) is 3.16. The van der Waals surface area contributed by atoms with Crippen LogP contribution < -0.4 is 10.6 Å². The number of guanidine groups is 1. The van der Waals surface area contributed by atoms with Gasteiger partial charge in [0.05, 0.1) is 5.01 Å². The summed E-state index contributed by atoms with van der Waals surface area (Å²) in [5.74, 6) is 0.630. The molecule has 1 aromatic rings. The van der Waals surface area contributed by atoms with Crippen LogP contribution in [0.1, 0.15) is 17.6 Å². The second kappa shape index (κ2) is 6.58. The molecule has 0 atom stereocenters. The van der Waals surface area contributed by atoms with Gasteiger partial charge in [-0.1, -0.05) is 0 Å². The Labute approximate surface area is 107 Å². The highest BCUT2D eigenvalue weighted by atomic mass is 32.1. The normalized spacial score (nSPS) is 12.6. The molecule has 1 aromatic heterocycles. The summed E-state index contributed by atoms with van der Waals surface area (Å²) in [5, 5.41) is 7.48. The van der Waals surface area contributed by atoms with Gasteiger partial charge in [-0.3, -0.25) is 4.99 Å². The first kappa shape index (κ1) is 14.7. The van der Waals surface area contributed by atoms with Gasteiger partial charge in [-0.05, 0) is 6.92 Å². The SMILES string of the molecule is CCNC(=NC)NCCc1nc(C(F)(F)F)cs1. The van der Waals surface area contributed by atoms with Gasteiger partial charge in [0.15, 0.2) is 11.7 Å². The molecule has 0 radical (unpaired) electrons. The highest BCUT2D eigenvalue weighted by Crippen LogP contribution is 2.29. The Balaban J connectivity index is 2.43. The predicted molar refractivity (Wildman–Crippen MR) is 65.9 cm³/mol. The summed E-state index contributed by atoms with van der Waals surface area (Å²) in [7, 11) is 1.64. The van der Waals surface area contributed by atoms with Crippen LogP contribution in [-0.2, 0) is 12.6 Å². The van der Waals surface area contributed by atoms with Crippen molar-refractivity contribution in [3.63, 3.8) is 0 Å². The molecule has 4 nitrogen and oxygen atoms in total. The van der Waals surface area contributed by atoms with E-state index in [1.807, 2.05) is 6.92 Å². The zero-order chi connectivity index (χ0) is 13.6. The fourth-order valence-electron chi connectivity index (χ4n) is 1.23. The lowest BCUT2D eigenvalue weighted by Crippen LogP contribution is -2.38. The maximum Gasteiger partial charge on any atom is 0.434 e.